The summed E-state index contributed by atoms with van der Waals surface area (Å²) in [6, 6.07) is 6.41. The van der Waals surface area contributed by atoms with Gasteiger partial charge < -0.3 is 19.9 Å². The molecule has 1 aromatic carbocycles. The predicted molar refractivity (Wildman–Crippen MR) is 79.6 cm³/mol. The quantitative estimate of drug-likeness (QED) is 0.758. The van der Waals surface area contributed by atoms with E-state index in [-0.39, 0.29) is 25.4 Å². The molecular weight excluding hydrogens is 288 g/mol. The van der Waals surface area contributed by atoms with Crippen molar-refractivity contribution < 1.29 is 24.2 Å². The molecule has 22 heavy (non-hydrogen) atoms. The molecule has 0 bridgehead atoms. The van der Waals surface area contributed by atoms with Gasteiger partial charge in [0.05, 0.1) is 26.9 Å². The Balaban J connectivity index is 1.97. The summed E-state index contributed by atoms with van der Waals surface area (Å²) in [7, 11) is 2.84. The fourth-order valence-corrected chi connectivity index (χ4v) is 2.52. The van der Waals surface area contributed by atoms with Crippen LogP contribution in [0.5, 0.6) is 5.75 Å². The Kier molecular flexibility index (Phi) is 5.35. The van der Waals surface area contributed by atoms with Crippen molar-refractivity contribution in [2.24, 2.45) is 0 Å². The molecule has 0 unspecified atom stereocenters. The van der Waals surface area contributed by atoms with E-state index in [2.05, 4.69) is 5.32 Å². The topological polar surface area (TPSA) is 88.1 Å². The zero-order chi connectivity index (χ0) is 16.1. The minimum atomic E-state index is -0.631. The van der Waals surface area contributed by atoms with Crippen molar-refractivity contribution in [3.05, 3.63) is 24.3 Å². The summed E-state index contributed by atoms with van der Waals surface area (Å²) in [6.45, 7) is 0.277. The number of hydrogen-bond donors (Lipinski definition) is 2. The van der Waals surface area contributed by atoms with Crippen LogP contribution in [0.2, 0.25) is 0 Å². The van der Waals surface area contributed by atoms with E-state index in [9.17, 15) is 14.7 Å². The van der Waals surface area contributed by atoms with Crippen molar-refractivity contribution in [2.75, 3.05) is 32.6 Å². The van der Waals surface area contributed by atoms with Gasteiger partial charge in [0.1, 0.15) is 11.8 Å². The number of esters is 1. The largest absolute Gasteiger partial charge is 0.497 e. The highest BCUT2D eigenvalue weighted by molar-refractivity contribution is 5.93. The van der Waals surface area contributed by atoms with Crippen LogP contribution in [0, 0.1) is 0 Å². The number of nitrogens with one attached hydrogen (secondary N) is 1. The van der Waals surface area contributed by atoms with Crippen molar-refractivity contribution in [2.45, 2.75) is 18.6 Å². The SMILES string of the molecule is COC(=O)[C@H]1C[C@H](O)CN1CC(=O)Nc1cccc(OC)c1. The molecule has 1 saturated heterocycles. The lowest BCUT2D eigenvalue weighted by Gasteiger charge is -2.21. The number of methoxy groups -OCH3 is 2. The Morgan fingerprint density at radius 2 is 2.18 bits per heavy atom. The molecule has 7 nitrogen and oxygen atoms in total. The highest BCUT2D eigenvalue weighted by Crippen LogP contribution is 2.20. The van der Waals surface area contributed by atoms with E-state index in [4.69, 9.17) is 9.47 Å². The monoisotopic (exact) mass is 308 g/mol. The van der Waals surface area contributed by atoms with Gasteiger partial charge in [-0.15, -0.1) is 0 Å². The number of anilines is 1. The minimum Gasteiger partial charge on any atom is -0.497 e. The second-order valence-corrected chi connectivity index (χ2v) is 5.14. The van der Waals surface area contributed by atoms with Crippen molar-refractivity contribution in [1.29, 1.82) is 0 Å². The number of carbonyl (C=O) groups is 2. The number of nitrogens with zero attached hydrogens (tertiary/aromatic N) is 1. The first-order valence-electron chi connectivity index (χ1n) is 6.97. The number of carbonyl (C=O) groups excluding carboxylic acids is 2. The molecule has 1 aliphatic rings. The Hall–Kier alpha value is -2.12. The van der Waals surface area contributed by atoms with Crippen LogP contribution in [0.1, 0.15) is 6.42 Å². The Labute approximate surface area is 128 Å². The molecule has 7 heteroatoms. The van der Waals surface area contributed by atoms with E-state index in [0.717, 1.165) is 0 Å². The molecule has 0 saturated carbocycles. The van der Waals surface area contributed by atoms with Crippen molar-refractivity contribution >= 4 is 17.6 Å². The third kappa shape index (κ3) is 3.96. The summed E-state index contributed by atoms with van der Waals surface area (Å²) in [4.78, 5) is 25.4. The fourth-order valence-electron chi connectivity index (χ4n) is 2.52. The van der Waals surface area contributed by atoms with E-state index < -0.39 is 18.1 Å². The third-order valence-electron chi connectivity index (χ3n) is 3.55. The second-order valence-electron chi connectivity index (χ2n) is 5.14. The van der Waals surface area contributed by atoms with Crippen molar-refractivity contribution in [3.8, 4) is 5.75 Å². The standard InChI is InChI=1S/C15H20N2O5/c1-21-12-5-3-4-10(6-12)16-14(19)9-17-8-11(18)7-13(17)15(20)22-2/h3-6,11,13,18H,7-9H2,1-2H3,(H,16,19)/t11-,13+/m0/s1. The molecule has 0 aliphatic carbocycles. The zero-order valence-corrected chi connectivity index (χ0v) is 12.6. The smallest absolute Gasteiger partial charge is 0.323 e. The van der Waals surface area contributed by atoms with Crippen molar-refractivity contribution in [3.63, 3.8) is 0 Å². The fraction of sp³-hybridized carbons (Fsp3) is 0.467. The number of β-amino-alcohol motifs (C(OH)–C–C–N with tert-alkyl or cyclic N) is 1. The summed E-state index contributed by atoms with van der Waals surface area (Å²) < 4.78 is 9.79. The molecule has 120 valence electrons. The first kappa shape index (κ1) is 16.3. The number of ether oxygens (including phenoxy) is 2. The molecule has 2 N–H and O–H groups in total. The molecule has 2 atom stereocenters. The van der Waals surface area contributed by atoms with Gasteiger partial charge in [0.25, 0.3) is 0 Å². The minimum absolute atomic E-state index is 0.00797. The molecule has 1 fully saturated rings. The number of benzene rings is 1. The molecule has 1 aromatic rings. The normalized spacial score (nSPS) is 21.4. The lowest BCUT2D eigenvalue weighted by Crippen LogP contribution is -2.41. The van der Waals surface area contributed by atoms with Crippen LogP contribution in [0.15, 0.2) is 24.3 Å². The van der Waals surface area contributed by atoms with Gasteiger partial charge in [0, 0.05) is 24.7 Å². The number of aliphatic hydroxyl groups is 1. The van der Waals surface area contributed by atoms with Crippen LogP contribution >= 0.6 is 0 Å². The number of rotatable bonds is 5. The lowest BCUT2D eigenvalue weighted by molar-refractivity contribution is -0.146. The molecule has 2 rings (SSSR count). The number of likely N-dealkylation sites (tertiary alicyclic amines) is 1. The first-order valence-corrected chi connectivity index (χ1v) is 6.97. The lowest BCUT2D eigenvalue weighted by atomic mass is 10.2. The molecule has 0 spiro atoms. The van der Waals surface area contributed by atoms with Gasteiger partial charge in [-0.1, -0.05) is 6.07 Å². The van der Waals surface area contributed by atoms with Crippen LogP contribution in [-0.2, 0) is 14.3 Å². The van der Waals surface area contributed by atoms with Crippen LogP contribution in [0.4, 0.5) is 5.69 Å². The summed E-state index contributed by atoms with van der Waals surface area (Å²) >= 11 is 0. The van der Waals surface area contributed by atoms with E-state index in [1.807, 2.05) is 0 Å². The van der Waals surface area contributed by atoms with E-state index in [1.54, 1.807) is 36.3 Å². The maximum atomic E-state index is 12.1. The molecular formula is C15H20N2O5. The van der Waals surface area contributed by atoms with Crippen LogP contribution < -0.4 is 10.1 Å². The van der Waals surface area contributed by atoms with Gasteiger partial charge in [-0.3, -0.25) is 14.5 Å². The number of amides is 1. The van der Waals surface area contributed by atoms with Gasteiger partial charge >= 0.3 is 5.97 Å². The molecule has 1 amide bonds. The predicted octanol–water partition coefficient (Wildman–Crippen LogP) is 0.242. The molecule has 1 heterocycles. The molecule has 1 aliphatic heterocycles. The highest BCUT2D eigenvalue weighted by Gasteiger charge is 2.37. The Morgan fingerprint density at radius 1 is 1.41 bits per heavy atom. The van der Waals surface area contributed by atoms with Gasteiger partial charge in [0.2, 0.25) is 5.91 Å². The van der Waals surface area contributed by atoms with E-state index in [1.165, 1.54) is 7.11 Å². The second kappa shape index (κ2) is 7.24. The average molecular weight is 308 g/mol. The highest BCUT2D eigenvalue weighted by atomic mass is 16.5. The van der Waals surface area contributed by atoms with Gasteiger partial charge in [-0.25, -0.2) is 0 Å². The summed E-state index contributed by atoms with van der Waals surface area (Å²) in [5, 5.41) is 12.4. The van der Waals surface area contributed by atoms with Crippen molar-refractivity contribution in [1.82, 2.24) is 4.90 Å². The van der Waals surface area contributed by atoms with Crippen LogP contribution in [0.25, 0.3) is 0 Å². The average Bonchev–Trinajstić information content (AvgIpc) is 2.87. The third-order valence-corrected chi connectivity index (χ3v) is 3.55. The number of aliphatic hydroxyl groups excluding tert-OH is 1. The van der Waals surface area contributed by atoms with Gasteiger partial charge in [0.15, 0.2) is 0 Å². The summed E-state index contributed by atoms with van der Waals surface area (Å²) in [5.74, 6) is -0.0659. The maximum absolute atomic E-state index is 12.1. The zero-order valence-electron chi connectivity index (χ0n) is 12.6. The summed E-state index contributed by atoms with van der Waals surface area (Å²) in [5.41, 5.74) is 0.610. The Bertz CT molecular complexity index is 548. The number of hydrogen-bond acceptors (Lipinski definition) is 6. The first-order chi connectivity index (χ1) is 10.5. The van der Waals surface area contributed by atoms with E-state index >= 15 is 0 Å². The summed E-state index contributed by atoms with van der Waals surface area (Å²) in [6.07, 6.45) is -0.354. The molecule has 0 aromatic heterocycles. The molecule has 0 radical (unpaired) electrons. The van der Waals surface area contributed by atoms with Gasteiger partial charge in [-0.2, -0.15) is 0 Å². The Morgan fingerprint density at radius 3 is 2.86 bits per heavy atom. The van der Waals surface area contributed by atoms with Gasteiger partial charge in [-0.05, 0) is 12.1 Å². The van der Waals surface area contributed by atoms with Crippen LogP contribution in [0.3, 0.4) is 0 Å². The van der Waals surface area contributed by atoms with E-state index in [0.29, 0.717) is 11.4 Å². The maximum Gasteiger partial charge on any atom is 0.323 e. The van der Waals surface area contributed by atoms with Crippen LogP contribution in [-0.4, -0.2) is 61.3 Å².